The van der Waals surface area contributed by atoms with Gasteiger partial charge in [-0.05, 0) is 24.7 Å². The van der Waals surface area contributed by atoms with Crippen LogP contribution >= 0.6 is 0 Å². The fourth-order valence-corrected chi connectivity index (χ4v) is 2.26. The van der Waals surface area contributed by atoms with Crippen LogP contribution in [0.25, 0.3) is 0 Å². The molecule has 2 fully saturated rings. The maximum absolute atomic E-state index is 11.7. The number of aliphatic carboxylic acids is 1. The zero-order valence-corrected chi connectivity index (χ0v) is 10.6. The summed E-state index contributed by atoms with van der Waals surface area (Å²) in [6, 6.07) is -0.726. The first-order valence-corrected chi connectivity index (χ1v) is 6.41. The molecule has 18 heavy (non-hydrogen) atoms. The lowest BCUT2D eigenvalue weighted by atomic mass is 10.0. The molecule has 2 unspecified atom stereocenters. The number of carboxylic acids is 1. The molecule has 0 bridgehead atoms. The lowest BCUT2D eigenvalue weighted by molar-refractivity contribution is -0.142. The molecule has 102 valence electrons. The number of amides is 2. The Balaban J connectivity index is 1.75. The van der Waals surface area contributed by atoms with Gasteiger partial charge in [0.1, 0.15) is 5.92 Å². The Bertz CT molecular complexity index is 341. The van der Waals surface area contributed by atoms with Gasteiger partial charge in [0.05, 0.1) is 19.3 Å². The highest BCUT2D eigenvalue weighted by molar-refractivity contribution is 5.77. The van der Waals surface area contributed by atoms with Crippen LogP contribution in [0.3, 0.4) is 0 Å². The second-order valence-electron chi connectivity index (χ2n) is 5.27. The minimum absolute atomic E-state index is 0.166. The molecule has 1 saturated carbocycles. The van der Waals surface area contributed by atoms with Crippen LogP contribution in [-0.4, -0.2) is 42.9 Å². The smallest absolute Gasteiger partial charge is 0.315 e. The number of urea groups is 1. The fraction of sp³-hybridized carbons (Fsp3) is 0.833. The summed E-state index contributed by atoms with van der Waals surface area (Å²) in [5.41, 5.74) is 0.287. The summed E-state index contributed by atoms with van der Waals surface area (Å²) in [5.74, 6) is -1.57. The van der Waals surface area contributed by atoms with Gasteiger partial charge >= 0.3 is 12.0 Å². The van der Waals surface area contributed by atoms with Crippen molar-refractivity contribution in [2.45, 2.75) is 32.2 Å². The number of hydrogen-bond acceptors (Lipinski definition) is 3. The van der Waals surface area contributed by atoms with Crippen LogP contribution in [0.1, 0.15) is 26.2 Å². The van der Waals surface area contributed by atoms with E-state index >= 15 is 0 Å². The Labute approximate surface area is 106 Å². The maximum Gasteiger partial charge on any atom is 0.315 e. The first-order chi connectivity index (χ1) is 8.56. The average molecular weight is 256 g/mol. The van der Waals surface area contributed by atoms with E-state index in [2.05, 4.69) is 17.6 Å². The monoisotopic (exact) mass is 256 g/mol. The van der Waals surface area contributed by atoms with E-state index in [1.54, 1.807) is 0 Å². The van der Waals surface area contributed by atoms with E-state index in [0.29, 0.717) is 6.54 Å². The number of nitrogens with one attached hydrogen (secondary N) is 2. The van der Waals surface area contributed by atoms with Gasteiger partial charge in [-0.25, -0.2) is 4.79 Å². The first-order valence-electron chi connectivity index (χ1n) is 6.41. The average Bonchev–Trinajstić information content (AvgIpc) is 2.98. The maximum atomic E-state index is 11.7. The number of rotatable bonds is 5. The third-order valence-corrected chi connectivity index (χ3v) is 4.05. The predicted molar refractivity (Wildman–Crippen MR) is 64.2 cm³/mol. The van der Waals surface area contributed by atoms with Crippen molar-refractivity contribution in [2.24, 2.45) is 11.3 Å². The van der Waals surface area contributed by atoms with Crippen LogP contribution in [0.2, 0.25) is 0 Å². The molecule has 1 aliphatic carbocycles. The molecule has 6 heteroatoms. The lowest BCUT2D eigenvalue weighted by Gasteiger charge is -2.18. The van der Waals surface area contributed by atoms with E-state index in [1.807, 2.05) is 0 Å². The molecule has 2 aliphatic rings. The molecule has 0 aromatic rings. The first kappa shape index (κ1) is 13.1. The van der Waals surface area contributed by atoms with Crippen molar-refractivity contribution >= 4 is 12.0 Å². The van der Waals surface area contributed by atoms with Gasteiger partial charge in [-0.2, -0.15) is 0 Å². The number of carbonyl (C=O) groups excluding carboxylic acids is 1. The van der Waals surface area contributed by atoms with E-state index in [0.717, 1.165) is 19.3 Å². The molecule has 3 N–H and O–H groups in total. The lowest BCUT2D eigenvalue weighted by Crippen LogP contribution is -2.48. The Morgan fingerprint density at radius 3 is 2.67 bits per heavy atom. The third kappa shape index (κ3) is 2.93. The predicted octanol–water partition coefficient (Wildman–Crippen LogP) is 0.575. The van der Waals surface area contributed by atoms with Gasteiger partial charge in [-0.3, -0.25) is 4.79 Å². The van der Waals surface area contributed by atoms with Crippen molar-refractivity contribution in [1.29, 1.82) is 0 Å². The molecular formula is C12H20N2O4. The van der Waals surface area contributed by atoms with Gasteiger partial charge in [0.2, 0.25) is 0 Å². The Kier molecular flexibility index (Phi) is 3.75. The number of ether oxygens (including phenoxy) is 1. The van der Waals surface area contributed by atoms with E-state index in [9.17, 15) is 9.59 Å². The Hall–Kier alpha value is -1.30. The molecule has 0 radical (unpaired) electrons. The van der Waals surface area contributed by atoms with Crippen LogP contribution in [0, 0.1) is 11.3 Å². The topological polar surface area (TPSA) is 87.7 Å². The Morgan fingerprint density at radius 1 is 1.39 bits per heavy atom. The number of carboxylic acid groups (broad SMARTS) is 1. The Morgan fingerprint density at radius 2 is 2.11 bits per heavy atom. The van der Waals surface area contributed by atoms with E-state index in [-0.39, 0.29) is 24.7 Å². The second-order valence-corrected chi connectivity index (χ2v) is 5.27. The summed E-state index contributed by atoms with van der Waals surface area (Å²) in [6.45, 7) is 3.22. The normalized spacial score (nSPS) is 28.7. The van der Waals surface area contributed by atoms with Crippen LogP contribution in [0.15, 0.2) is 0 Å². The summed E-state index contributed by atoms with van der Waals surface area (Å²) >= 11 is 0. The molecule has 0 spiro atoms. The molecule has 2 amide bonds. The quantitative estimate of drug-likeness (QED) is 0.671. The van der Waals surface area contributed by atoms with Crippen molar-refractivity contribution in [3.8, 4) is 0 Å². The standard InChI is InChI=1S/C12H20N2O4/c1-2-12(3-4-12)7-13-11(17)14-9-6-18-5-8(9)10(15)16/h8-9H,2-7H2,1H3,(H,15,16)(H2,13,14,17). The van der Waals surface area contributed by atoms with Gasteiger partial charge in [0, 0.05) is 6.54 Å². The van der Waals surface area contributed by atoms with Crippen LogP contribution in [0.5, 0.6) is 0 Å². The van der Waals surface area contributed by atoms with Crippen molar-refractivity contribution in [2.75, 3.05) is 19.8 Å². The van der Waals surface area contributed by atoms with Gasteiger partial charge in [0.15, 0.2) is 0 Å². The molecule has 1 heterocycles. The highest BCUT2D eigenvalue weighted by Crippen LogP contribution is 2.47. The van der Waals surface area contributed by atoms with Crippen molar-refractivity contribution in [1.82, 2.24) is 10.6 Å². The highest BCUT2D eigenvalue weighted by atomic mass is 16.5. The zero-order valence-electron chi connectivity index (χ0n) is 10.6. The minimum atomic E-state index is -0.926. The third-order valence-electron chi connectivity index (χ3n) is 4.05. The summed E-state index contributed by atoms with van der Waals surface area (Å²) < 4.78 is 5.09. The molecular weight excluding hydrogens is 236 g/mol. The summed E-state index contributed by atoms with van der Waals surface area (Å²) in [7, 11) is 0. The summed E-state index contributed by atoms with van der Waals surface area (Å²) in [6.07, 6.45) is 3.39. The van der Waals surface area contributed by atoms with Gasteiger partial charge in [-0.15, -0.1) is 0 Å². The van der Waals surface area contributed by atoms with Gasteiger partial charge in [-0.1, -0.05) is 6.92 Å². The SMILES string of the molecule is CCC1(CNC(=O)NC2COCC2C(=O)O)CC1. The van der Waals surface area contributed by atoms with Crippen LogP contribution in [-0.2, 0) is 9.53 Å². The zero-order chi connectivity index (χ0) is 13.2. The van der Waals surface area contributed by atoms with Crippen LogP contribution in [0.4, 0.5) is 4.79 Å². The fourth-order valence-electron chi connectivity index (χ4n) is 2.26. The summed E-state index contributed by atoms with van der Waals surface area (Å²) in [4.78, 5) is 22.6. The van der Waals surface area contributed by atoms with Gasteiger partial charge in [0.25, 0.3) is 0 Å². The largest absolute Gasteiger partial charge is 0.481 e. The minimum Gasteiger partial charge on any atom is -0.481 e. The van der Waals surface area contributed by atoms with E-state index < -0.39 is 17.9 Å². The van der Waals surface area contributed by atoms with E-state index in [1.165, 1.54) is 0 Å². The molecule has 0 aromatic carbocycles. The molecule has 1 aliphatic heterocycles. The molecule has 2 atom stereocenters. The number of hydrogen-bond donors (Lipinski definition) is 3. The van der Waals surface area contributed by atoms with Crippen LogP contribution < -0.4 is 10.6 Å². The van der Waals surface area contributed by atoms with Gasteiger partial charge < -0.3 is 20.5 Å². The van der Waals surface area contributed by atoms with Crippen molar-refractivity contribution in [3.05, 3.63) is 0 Å². The van der Waals surface area contributed by atoms with E-state index in [4.69, 9.17) is 9.84 Å². The molecule has 1 saturated heterocycles. The molecule has 2 rings (SSSR count). The van der Waals surface area contributed by atoms with Crippen molar-refractivity contribution in [3.63, 3.8) is 0 Å². The molecule has 6 nitrogen and oxygen atoms in total. The second kappa shape index (κ2) is 5.14. The number of carbonyl (C=O) groups is 2. The summed E-state index contributed by atoms with van der Waals surface area (Å²) in [5, 5.41) is 14.5. The molecule has 0 aromatic heterocycles. The van der Waals surface area contributed by atoms with Crippen molar-refractivity contribution < 1.29 is 19.4 Å². The highest BCUT2D eigenvalue weighted by Gasteiger charge is 2.41.